The summed E-state index contributed by atoms with van der Waals surface area (Å²) < 4.78 is 4.96. The Morgan fingerprint density at radius 1 is 0.906 bits per heavy atom. The highest BCUT2D eigenvalue weighted by Crippen LogP contribution is 2.10. The molecule has 1 aromatic carbocycles. The van der Waals surface area contributed by atoms with E-state index in [1.807, 2.05) is 11.0 Å². The van der Waals surface area contributed by atoms with E-state index in [1.165, 1.54) is 5.56 Å². The Hall–Kier alpha value is -2.75. The third-order valence-corrected chi connectivity index (χ3v) is 6.06. The lowest BCUT2D eigenvalue weighted by molar-refractivity contribution is -0.134. The van der Waals surface area contributed by atoms with Crippen LogP contribution in [0.3, 0.4) is 0 Å². The lowest BCUT2D eigenvalue weighted by atomic mass is 10.2. The second kappa shape index (κ2) is 10.7. The van der Waals surface area contributed by atoms with Crippen LogP contribution in [0.5, 0.6) is 0 Å². The van der Waals surface area contributed by atoms with Crippen LogP contribution < -0.4 is 5.32 Å². The Morgan fingerprint density at radius 3 is 2.19 bits per heavy atom. The Labute approximate surface area is 188 Å². The lowest BCUT2D eigenvalue weighted by Gasteiger charge is -2.37. The molecule has 0 bridgehead atoms. The van der Waals surface area contributed by atoms with Crippen molar-refractivity contribution in [2.24, 2.45) is 0 Å². The van der Waals surface area contributed by atoms with Crippen LogP contribution in [0.2, 0.25) is 0 Å². The van der Waals surface area contributed by atoms with Crippen molar-refractivity contribution < 1.29 is 14.1 Å². The van der Waals surface area contributed by atoms with Gasteiger partial charge in [-0.1, -0.05) is 35.5 Å². The van der Waals surface area contributed by atoms with E-state index in [4.69, 9.17) is 4.52 Å². The lowest BCUT2D eigenvalue weighted by Crippen LogP contribution is -2.54. The third-order valence-electron chi connectivity index (χ3n) is 6.06. The second-order valence-corrected chi connectivity index (χ2v) is 8.57. The quantitative estimate of drug-likeness (QED) is 0.684. The van der Waals surface area contributed by atoms with Gasteiger partial charge in [-0.2, -0.15) is 0 Å². The monoisotopic (exact) mass is 440 g/mol. The van der Waals surface area contributed by atoms with E-state index in [9.17, 15) is 9.59 Å². The molecule has 0 spiro atoms. The van der Waals surface area contributed by atoms with Gasteiger partial charge in [-0.15, -0.1) is 0 Å². The van der Waals surface area contributed by atoms with Gasteiger partial charge in [0.25, 0.3) is 0 Å². The number of hydrogen-bond donors (Lipinski definition) is 1. The van der Waals surface area contributed by atoms with E-state index in [2.05, 4.69) is 49.4 Å². The number of piperazine rings is 2. The molecule has 1 N–H and O–H groups in total. The summed E-state index contributed by atoms with van der Waals surface area (Å²) in [5.74, 6) is 1.16. The molecule has 2 aliphatic heterocycles. The van der Waals surface area contributed by atoms with Gasteiger partial charge in [0.1, 0.15) is 5.76 Å². The normalized spacial score (nSPS) is 18.6. The van der Waals surface area contributed by atoms with Gasteiger partial charge in [-0.3, -0.25) is 24.3 Å². The van der Waals surface area contributed by atoms with Crippen molar-refractivity contribution in [1.82, 2.24) is 24.8 Å². The molecule has 172 valence electrons. The number of carbonyl (C=O) groups is 2. The van der Waals surface area contributed by atoms with Gasteiger partial charge in [-0.05, 0) is 12.5 Å². The first kappa shape index (κ1) is 22.4. The maximum absolute atomic E-state index is 12.8. The summed E-state index contributed by atoms with van der Waals surface area (Å²) in [6.07, 6.45) is 0. The van der Waals surface area contributed by atoms with Gasteiger partial charge in [0, 0.05) is 65.0 Å². The Bertz CT molecular complexity index is 886. The molecule has 3 heterocycles. The number of rotatable bonds is 7. The summed E-state index contributed by atoms with van der Waals surface area (Å²) in [5, 5.41) is 6.52. The topological polar surface area (TPSA) is 85.2 Å². The first-order chi connectivity index (χ1) is 15.5. The third kappa shape index (κ3) is 6.38. The molecular weight excluding hydrogens is 408 g/mol. The highest BCUT2D eigenvalue weighted by Gasteiger charge is 2.25. The van der Waals surface area contributed by atoms with Gasteiger partial charge in [0.05, 0.1) is 13.1 Å². The van der Waals surface area contributed by atoms with E-state index in [-0.39, 0.29) is 18.4 Å². The number of nitrogens with zero attached hydrogens (tertiary/aromatic N) is 5. The van der Waals surface area contributed by atoms with Crippen LogP contribution in [0.1, 0.15) is 11.3 Å². The Morgan fingerprint density at radius 2 is 1.53 bits per heavy atom. The summed E-state index contributed by atoms with van der Waals surface area (Å²) in [4.78, 5) is 33.6. The van der Waals surface area contributed by atoms with Crippen molar-refractivity contribution in [2.75, 3.05) is 70.8 Å². The number of aromatic nitrogens is 1. The predicted octanol–water partition coefficient (Wildman–Crippen LogP) is 0.884. The smallest absolute Gasteiger partial charge is 0.239 e. The van der Waals surface area contributed by atoms with E-state index in [1.54, 1.807) is 13.0 Å². The molecule has 0 aliphatic carbocycles. The molecule has 9 nitrogen and oxygen atoms in total. The minimum atomic E-state index is -0.119. The standard InChI is InChI=1S/C23H32N6O3/c1-19-15-21(25-32-19)24-22(30)17-27-11-13-29(14-12-27)23(31)18-28-9-7-26(8-10-28)16-20-5-3-2-4-6-20/h2-6,15H,7-14,16-18H2,1H3,(H,24,25,30). The van der Waals surface area contributed by atoms with Crippen LogP contribution in [0.15, 0.2) is 40.9 Å². The Balaban J connectivity index is 1.13. The number of benzene rings is 1. The van der Waals surface area contributed by atoms with Crippen molar-refractivity contribution in [3.8, 4) is 0 Å². The van der Waals surface area contributed by atoms with Crippen LogP contribution in [0, 0.1) is 6.92 Å². The van der Waals surface area contributed by atoms with Crippen LogP contribution in [0.4, 0.5) is 5.82 Å². The van der Waals surface area contributed by atoms with Gasteiger partial charge in [0.2, 0.25) is 11.8 Å². The Kier molecular flexibility index (Phi) is 7.51. The van der Waals surface area contributed by atoms with Crippen LogP contribution in [-0.4, -0.2) is 102 Å². The molecule has 0 unspecified atom stereocenters. The van der Waals surface area contributed by atoms with Crippen molar-refractivity contribution >= 4 is 17.6 Å². The average Bonchev–Trinajstić information content (AvgIpc) is 3.20. The summed E-state index contributed by atoms with van der Waals surface area (Å²) in [7, 11) is 0. The van der Waals surface area contributed by atoms with Crippen molar-refractivity contribution in [3.05, 3.63) is 47.7 Å². The van der Waals surface area contributed by atoms with Crippen molar-refractivity contribution in [2.45, 2.75) is 13.5 Å². The number of carbonyl (C=O) groups excluding carboxylic acids is 2. The van der Waals surface area contributed by atoms with Gasteiger partial charge in [0.15, 0.2) is 5.82 Å². The van der Waals surface area contributed by atoms with Gasteiger partial charge < -0.3 is 14.7 Å². The van der Waals surface area contributed by atoms with E-state index in [0.717, 1.165) is 32.7 Å². The number of aryl methyl sites for hydroxylation is 1. The molecule has 32 heavy (non-hydrogen) atoms. The zero-order valence-corrected chi connectivity index (χ0v) is 18.7. The van der Waals surface area contributed by atoms with E-state index >= 15 is 0 Å². The highest BCUT2D eigenvalue weighted by atomic mass is 16.5. The molecule has 1 aromatic heterocycles. The van der Waals surface area contributed by atoms with Crippen molar-refractivity contribution in [1.29, 1.82) is 0 Å². The minimum absolute atomic E-state index is 0.119. The zero-order valence-electron chi connectivity index (χ0n) is 18.7. The molecule has 9 heteroatoms. The fraction of sp³-hybridized carbons (Fsp3) is 0.522. The summed E-state index contributed by atoms with van der Waals surface area (Å²) in [6, 6.07) is 12.2. The zero-order chi connectivity index (χ0) is 22.3. The molecule has 0 saturated carbocycles. The largest absolute Gasteiger partial charge is 0.360 e. The molecule has 2 fully saturated rings. The van der Waals surface area contributed by atoms with Gasteiger partial charge >= 0.3 is 0 Å². The summed E-state index contributed by atoms with van der Waals surface area (Å²) in [6.45, 7) is 10.0. The SMILES string of the molecule is Cc1cc(NC(=O)CN2CCN(C(=O)CN3CCN(Cc4ccccc4)CC3)CC2)no1. The molecule has 0 radical (unpaired) electrons. The maximum atomic E-state index is 12.8. The minimum Gasteiger partial charge on any atom is -0.360 e. The first-order valence-corrected chi connectivity index (χ1v) is 11.3. The number of anilines is 1. The van der Waals surface area contributed by atoms with E-state index < -0.39 is 0 Å². The van der Waals surface area contributed by atoms with Crippen molar-refractivity contribution in [3.63, 3.8) is 0 Å². The molecule has 2 aromatic rings. The van der Waals surface area contributed by atoms with Crippen LogP contribution in [-0.2, 0) is 16.1 Å². The predicted molar refractivity (Wildman–Crippen MR) is 121 cm³/mol. The highest BCUT2D eigenvalue weighted by molar-refractivity contribution is 5.91. The molecule has 2 saturated heterocycles. The van der Waals surface area contributed by atoms with Crippen LogP contribution >= 0.6 is 0 Å². The van der Waals surface area contributed by atoms with E-state index in [0.29, 0.717) is 44.3 Å². The first-order valence-electron chi connectivity index (χ1n) is 11.3. The maximum Gasteiger partial charge on any atom is 0.239 e. The molecule has 4 rings (SSSR count). The molecule has 2 amide bonds. The number of nitrogens with one attached hydrogen (secondary N) is 1. The summed E-state index contributed by atoms with van der Waals surface area (Å²) in [5.41, 5.74) is 1.33. The van der Waals surface area contributed by atoms with Gasteiger partial charge in [-0.25, -0.2) is 0 Å². The average molecular weight is 441 g/mol. The number of hydrogen-bond acceptors (Lipinski definition) is 7. The number of amides is 2. The molecule has 0 atom stereocenters. The molecule has 2 aliphatic rings. The fourth-order valence-electron chi connectivity index (χ4n) is 4.20. The fourth-order valence-corrected chi connectivity index (χ4v) is 4.20. The summed E-state index contributed by atoms with van der Waals surface area (Å²) >= 11 is 0. The molecular formula is C23H32N6O3. The second-order valence-electron chi connectivity index (χ2n) is 8.57. The van der Waals surface area contributed by atoms with Crippen LogP contribution in [0.25, 0.3) is 0 Å².